The first kappa shape index (κ1) is 11.6. The Morgan fingerprint density at radius 1 is 1.33 bits per heavy atom. The van der Waals surface area contributed by atoms with Crippen molar-refractivity contribution in [2.75, 3.05) is 6.07 Å². The summed E-state index contributed by atoms with van der Waals surface area (Å²) in [5.41, 5.74) is -4.25. The largest absolute Gasteiger partial charge is 0.489 e. The molecule has 0 aliphatic carbocycles. The maximum Gasteiger partial charge on any atom is 0.489 e. The molecule has 0 fully saturated rings. The SMILES string of the molecule is FC(F)=C(OCCl)OC(F)(F)Cl. The minimum atomic E-state index is -4.25. The van der Waals surface area contributed by atoms with Crippen molar-refractivity contribution in [3.05, 3.63) is 12.0 Å². The zero-order valence-electron chi connectivity index (χ0n) is 5.29. The van der Waals surface area contributed by atoms with E-state index in [9.17, 15) is 17.6 Å². The summed E-state index contributed by atoms with van der Waals surface area (Å²) in [5, 5.41) is 0. The van der Waals surface area contributed by atoms with Crippen LogP contribution in [-0.2, 0) is 9.47 Å². The van der Waals surface area contributed by atoms with Crippen LogP contribution >= 0.6 is 23.2 Å². The van der Waals surface area contributed by atoms with Gasteiger partial charge in [0.15, 0.2) is 6.07 Å². The lowest BCUT2D eigenvalue weighted by Crippen LogP contribution is -2.13. The third-order valence-electron chi connectivity index (χ3n) is 0.548. The minimum absolute atomic E-state index is 0.750. The standard InChI is InChI=1S/C4H2Cl2F4O2/c5-1-11-3(2(7)8)12-4(6,9)10/h1H2. The Hall–Kier alpha value is -0.360. The topological polar surface area (TPSA) is 18.5 Å². The van der Waals surface area contributed by atoms with E-state index in [1.807, 2.05) is 0 Å². The first-order valence-electron chi connectivity index (χ1n) is 2.36. The van der Waals surface area contributed by atoms with E-state index in [2.05, 4.69) is 21.1 Å². The summed E-state index contributed by atoms with van der Waals surface area (Å²) in [6, 6.07) is -0.750. The van der Waals surface area contributed by atoms with Gasteiger partial charge in [-0.15, -0.1) is 8.78 Å². The molecule has 0 saturated carbocycles. The molecule has 0 aromatic heterocycles. The summed E-state index contributed by atoms with van der Waals surface area (Å²) in [5.74, 6) is -1.69. The predicted octanol–water partition coefficient (Wildman–Crippen LogP) is 3.07. The summed E-state index contributed by atoms with van der Waals surface area (Å²) < 4.78 is 53.6. The van der Waals surface area contributed by atoms with Crippen LogP contribution in [0.4, 0.5) is 17.6 Å². The molecule has 0 N–H and O–H groups in total. The Morgan fingerprint density at radius 3 is 2.08 bits per heavy atom. The van der Waals surface area contributed by atoms with E-state index in [4.69, 9.17) is 11.6 Å². The molecule has 0 heterocycles. The van der Waals surface area contributed by atoms with Gasteiger partial charge in [-0.25, -0.2) is 0 Å². The fourth-order valence-corrected chi connectivity index (χ4v) is 0.446. The van der Waals surface area contributed by atoms with E-state index in [0.29, 0.717) is 0 Å². The Morgan fingerprint density at radius 2 is 1.83 bits per heavy atom. The zero-order valence-corrected chi connectivity index (χ0v) is 6.80. The van der Waals surface area contributed by atoms with Gasteiger partial charge < -0.3 is 9.47 Å². The Labute approximate surface area is 74.6 Å². The van der Waals surface area contributed by atoms with Gasteiger partial charge >= 0.3 is 17.6 Å². The monoisotopic (exact) mass is 228 g/mol. The molecule has 0 unspecified atom stereocenters. The van der Waals surface area contributed by atoms with E-state index in [0.717, 1.165) is 0 Å². The van der Waals surface area contributed by atoms with Gasteiger partial charge in [-0.3, -0.25) is 0 Å². The number of hydrogen-bond donors (Lipinski definition) is 0. The van der Waals surface area contributed by atoms with Gasteiger partial charge in [-0.05, 0) is 0 Å². The first-order valence-corrected chi connectivity index (χ1v) is 3.28. The quantitative estimate of drug-likeness (QED) is 0.419. The van der Waals surface area contributed by atoms with Gasteiger partial charge in [0.2, 0.25) is 0 Å². The molecule has 0 bridgehead atoms. The molecule has 12 heavy (non-hydrogen) atoms. The molecule has 0 aromatic rings. The van der Waals surface area contributed by atoms with Crippen LogP contribution in [0.25, 0.3) is 0 Å². The molecule has 0 atom stereocenters. The summed E-state index contributed by atoms with van der Waals surface area (Å²) in [6.45, 7) is 0. The van der Waals surface area contributed by atoms with Gasteiger partial charge in [-0.2, -0.15) is 8.78 Å². The molecule has 2 nitrogen and oxygen atoms in total. The van der Waals surface area contributed by atoms with Crippen LogP contribution in [-0.4, -0.2) is 11.6 Å². The number of rotatable bonds is 4. The number of halogens is 6. The van der Waals surface area contributed by atoms with E-state index in [-0.39, 0.29) is 0 Å². The van der Waals surface area contributed by atoms with Crippen molar-refractivity contribution >= 4 is 23.2 Å². The molecule has 0 aromatic carbocycles. The van der Waals surface area contributed by atoms with Crippen LogP contribution in [0.15, 0.2) is 12.0 Å². The number of ether oxygens (including phenoxy) is 2. The highest BCUT2D eigenvalue weighted by atomic mass is 35.5. The third-order valence-corrected chi connectivity index (χ3v) is 0.735. The lowest BCUT2D eigenvalue weighted by molar-refractivity contribution is -0.178. The fourth-order valence-electron chi connectivity index (χ4n) is 0.277. The number of alkyl halides is 4. The number of hydrogen-bond acceptors (Lipinski definition) is 2. The Kier molecular flexibility index (Phi) is 4.47. The first-order chi connectivity index (χ1) is 5.37. The normalized spacial score (nSPS) is 10.8. The Balaban J connectivity index is 4.26. The zero-order chi connectivity index (χ0) is 9.78. The lowest BCUT2D eigenvalue weighted by Gasteiger charge is -2.11. The molecular weight excluding hydrogens is 227 g/mol. The molecular formula is C4H2Cl2F4O2. The molecule has 0 amide bonds. The molecule has 0 aliphatic heterocycles. The lowest BCUT2D eigenvalue weighted by atomic mass is 10.9. The second-order valence-electron chi connectivity index (χ2n) is 1.35. The van der Waals surface area contributed by atoms with E-state index in [1.54, 1.807) is 0 Å². The van der Waals surface area contributed by atoms with E-state index in [1.165, 1.54) is 0 Å². The van der Waals surface area contributed by atoms with Gasteiger partial charge in [0.1, 0.15) is 0 Å². The minimum Gasteiger partial charge on any atom is -0.445 e. The van der Waals surface area contributed by atoms with Gasteiger partial charge in [0.25, 0.3) is 0 Å². The Bertz CT molecular complexity index is 174. The van der Waals surface area contributed by atoms with Crippen molar-refractivity contribution in [1.29, 1.82) is 0 Å². The molecule has 72 valence electrons. The van der Waals surface area contributed by atoms with Crippen molar-refractivity contribution < 1.29 is 27.0 Å². The van der Waals surface area contributed by atoms with Crippen molar-refractivity contribution in [2.24, 2.45) is 0 Å². The van der Waals surface area contributed by atoms with Crippen molar-refractivity contribution in [3.8, 4) is 0 Å². The van der Waals surface area contributed by atoms with Crippen molar-refractivity contribution in [1.82, 2.24) is 0 Å². The molecule has 0 aliphatic rings. The smallest absolute Gasteiger partial charge is 0.445 e. The highest BCUT2D eigenvalue weighted by Crippen LogP contribution is 2.26. The maximum atomic E-state index is 11.7. The fraction of sp³-hybridized carbons (Fsp3) is 0.500. The second kappa shape index (κ2) is 4.61. The van der Waals surface area contributed by atoms with Crippen molar-refractivity contribution in [3.63, 3.8) is 0 Å². The summed E-state index contributed by atoms with van der Waals surface area (Å²) >= 11 is 8.97. The average molecular weight is 229 g/mol. The molecule has 0 spiro atoms. The second-order valence-corrected chi connectivity index (χ2v) is 2.01. The predicted molar refractivity (Wildman–Crippen MR) is 32.9 cm³/mol. The molecule has 0 rings (SSSR count). The van der Waals surface area contributed by atoms with E-state index >= 15 is 0 Å². The molecule has 8 heteroatoms. The highest BCUT2D eigenvalue weighted by molar-refractivity contribution is 6.20. The van der Waals surface area contributed by atoms with Crippen LogP contribution in [0.3, 0.4) is 0 Å². The van der Waals surface area contributed by atoms with Gasteiger partial charge in [-0.1, -0.05) is 11.6 Å². The van der Waals surface area contributed by atoms with E-state index < -0.39 is 23.7 Å². The average Bonchev–Trinajstić information content (AvgIpc) is 1.83. The summed E-state index contributed by atoms with van der Waals surface area (Å²) in [6.07, 6.45) is -2.57. The van der Waals surface area contributed by atoms with Crippen LogP contribution in [0.2, 0.25) is 0 Å². The summed E-state index contributed by atoms with van der Waals surface area (Å²) in [4.78, 5) is 0. The van der Waals surface area contributed by atoms with Gasteiger partial charge in [0, 0.05) is 11.6 Å². The molecule has 0 saturated heterocycles. The van der Waals surface area contributed by atoms with Crippen LogP contribution in [0.1, 0.15) is 0 Å². The van der Waals surface area contributed by atoms with Crippen LogP contribution in [0, 0.1) is 0 Å². The molecule has 0 radical (unpaired) electrons. The summed E-state index contributed by atoms with van der Waals surface area (Å²) in [7, 11) is 0. The maximum absolute atomic E-state index is 11.7. The third kappa shape index (κ3) is 5.31. The van der Waals surface area contributed by atoms with Gasteiger partial charge in [0.05, 0.1) is 0 Å². The van der Waals surface area contributed by atoms with Crippen molar-refractivity contribution in [2.45, 2.75) is 5.57 Å². The van der Waals surface area contributed by atoms with Crippen LogP contribution in [0.5, 0.6) is 0 Å². The van der Waals surface area contributed by atoms with Crippen LogP contribution < -0.4 is 0 Å². The highest BCUT2D eigenvalue weighted by Gasteiger charge is 2.31.